The van der Waals surface area contributed by atoms with Crippen LogP contribution in [0.2, 0.25) is 0 Å². The summed E-state index contributed by atoms with van der Waals surface area (Å²) in [5.41, 5.74) is 2.53. The second kappa shape index (κ2) is 8.88. The Labute approximate surface area is 188 Å². The minimum Gasteiger partial charge on any atom is -0.366 e. The number of sulfonamides is 1. The minimum atomic E-state index is -3.76. The summed E-state index contributed by atoms with van der Waals surface area (Å²) in [6.07, 6.45) is 2.53. The van der Waals surface area contributed by atoms with E-state index in [0.29, 0.717) is 23.6 Å². The van der Waals surface area contributed by atoms with Gasteiger partial charge in [-0.05, 0) is 48.4 Å². The molecule has 8 heteroatoms. The molecular weight excluding hydrogens is 426 g/mol. The summed E-state index contributed by atoms with van der Waals surface area (Å²) in [7, 11) is -3.76. The smallest absolute Gasteiger partial charge is 0.277 e. The molecule has 1 atom stereocenters. The van der Waals surface area contributed by atoms with E-state index in [-0.39, 0.29) is 23.3 Å². The lowest BCUT2D eigenvalue weighted by Gasteiger charge is -2.33. The quantitative estimate of drug-likeness (QED) is 0.677. The molecule has 0 spiro atoms. The maximum atomic E-state index is 13.4. The van der Waals surface area contributed by atoms with Crippen molar-refractivity contribution in [1.82, 2.24) is 9.80 Å². The van der Waals surface area contributed by atoms with Crippen molar-refractivity contribution >= 4 is 27.4 Å². The van der Waals surface area contributed by atoms with E-state index < -0.39 is 10.0 Å². The predicted octanol–water partition coefficient (Wildman–Crippen LogP) is 2.39. The van der Waals surface area contributed by atoms with Gasteiger partial charge in [-0.3, -0.25) is 14.5 Å². The first-order valence-corrected chi connectivity index (χ1v) is 12.3. The summed E-state index contributed by atoms with van der Waals surface area (Å²) in [4.78, 5) is 30.2. The van der Waals surface area contributed by atoms with E-state index in [1.54, 1.807) is 12.1 Å². The van der Waals surface area contributed by atoms with E-state index >= 15 is 0 Å². The Morgan fingerprint density at radius 1 is 1.00 bits per heavy atom. The lowest BCUT2D eigenvalue weighted by molar-refractivity contribution is -0.137. The highest BCUT2D eigenvalue weighted by Gasteiger charge is 2.41. The van der Waals surface area contributed by atoms with Crippen molar-refractivity contribution in [1.29, 1.82) is 0 Å². The molecule has 2 aromatic carbocycles. The number of primary sulfonamides is 1. The lowest BCUT2D eigenvalue weighted by Crippen LogP contribution is -2.39. The van der Waals surface area contributed by atoms with Crippen LogP contribution in [0.1, 0.15) is 30.9 Å². The molecule has 2 aliphatic heterocycles. The molecule has 2 N–H and O–H groups in total. The molecule has 32 heavy (non-hydrogen) atoms. The third-order valence-corrected chi connectivity index (χ3v) is 6.98. The molecular formula is C24H27N3O4S. The zero-order valence-electron chi connectivity index (χ0n) is 18.0. The van der Waals surface area contributed by atoms with Crippen LogP contribution < -0.4 is 5.14 Å². The third-order valence-electron chi connectivity index (χ3n) is 6.06. The van der Waals surface area contributed by atoms with Gasteiger partial charge >= 0.3 is 0 Å². The Hall–Kier alpha value is -2.97. The normalized spacial score (nSPS) is 19.8. The molecule has 0 radical (unpaired) electrons. The summed E-state index contributed by atoms with van der Waals surface area (Å²) in [5.74, 6) is -0.0812. The highest BCUT2D eigenvalue weighted by Crippen LogP contribution is 2.34. The van der Waals surface area contributed by atoms with Gasteiger partial charge in [-0.2, -0.15) is 0 Å². The van der Waals surface area contributed by atoms with Crippen molar-refractivity contribution in [2.24, 2.45) is 11.1 Å². The number of amides is 2. The van der Waals surface area contributed by atoms with Gasteiger partial charge in [0.25, 0.3) is 11.8 Å². The van der Waals surface area contributed by atoms with E-state index in [2.05, 4.69) is 11.8 Å². The number of nitrogens with two attached hydrogens (primary N) is 1. The van der Waals surface area contributed by atoms with Crippen molar-refractivity contribution in [3.63, 3.8) is 0 Å². The van der Waals surface area contributed by atoms with Crippen LogP contribution in [0.4, 0.5) is 0 Å². The number of carbonyl (C=O) groups excluding carboxylic acids is 2. The van der Waals surface area contributed by atoms with Crippen LogP contribution >= 0.6 is 0 Å². The first-order valence-electron chi connectivity index (χ1n) is 10.8. The van der Waals surface area contributed by atoms with Crippen molar-refractivity contribution < 1.29 is 18.0 Å². The van der Waals surface area contributed by atoms with Gasteiger partial charge in [0.1, 0.15) is 5.70 Å². The van der Waals surface area contributed by atoms with E-state index in [9.17, 15) is 18.0 Å². The molecule has 2 aromatic rings. The molecule has 2 heterocycles. The van der Waals surface area contributed by atoms with Gasteiger partial charge in [0.05, 0.1) is 10.5 Å². The van der Waals surface area contributed by atoms with Crippen molar-refractivity contribution in [3.8, 4) is 0 Å². The molecule has 0 aromatic heterocycles. The molecule has 0 saturated carbocycles. The third kappa shape index (κ3) is 4.47. The van der Waals surface area contributed by atoms with Gasteiger partial charge in [-0.1, -0.05) is 49.4 Å². The van der Waals surface area contributed by atoms with E-state index in [1.165, 1.54) is 17.0 Å². The van der Waals surface area contributed by atoms with E-state index in [0.717, 1.165) is 37.1 Å². The number of imide groups is 1. The van der Waals surface area contributed by atoms with Crippen molar-refractivity contribution in [2.45, 2.75) is 31.1 Å². The standard InChI is InChI=1S/C24H27N3O4S/c1-17-6-5-14-26(16-17)22-21(19-7-3-2-4-8-19)23(28)27(24(22)29)15-13-18-9-11-20(12-10-18)32(25,30)31/h2-4,7-12,17H,5-6,13-16H2,1H3,(H2,25,30,31). The SMILES string of the molecule is CC1CCCN(C2=C(c3ccccc3)C(=O)N(CCc3ccc(S(N)(=O)=O)cc3)C2=O)C1. The second-order valence-electron chi connectivity index (χ2n) is 8.48. The molecule has 7 nitrogen and oxygen atoms in total. The Bertz CT molecular complexity index is 1160. The molecule has 0 aliphatic carbocycles. The number of carbonyl (C=O) groups is 2. The van der Waals surface area contributed by atoms with Crippen LogP contribution in [0.25, 0.3) is 5.57 Å². The van der Waals surface area contributed by atoms with Gasteiger partial charge in [-0.25, -0.2) is 13.6 Å². The number of hydrogen-bond acceptors (Lipinski definition) is 5. The van der Waals surface area contributed by atoms with E-state index in [4.69, 9.17) is 5.14 Å². The first-order chi connectivity index (χ1) is 15.3. The highest BCUT2D eigenvalue weighted by molar-refractivity contribution is 7.89. The summed E-state index contributed by atoms with van der Waals surface area (Å²) in [5, 5.41) is 5.15. The Balaban J connectivity index is 1.59. The average Bonchev–Trinajstić information content (AvgIpc) is 3.02. The molecule has 2 amide bonds. The number of rotatable bonds is 6. The number of benzene rings is 2. The van der Waals surface area contributed by atoms with Gasteiger partial charge in [0.15, 0.2) is 0 Å². The fourth-order valence-electron chi connectivity index (χ4n) is 4.40. The summed E-state index contributed by atoms with van der Waals surface area (Å²) in [6, 6.07) is 15.5. The molecule has 2 aliphatic rings. The Kier molecular flexibility index (Phi) is 6.17. The van der Waals surface area contributed by atoms with Crippen LogP contribution in [0.3, 0.4) is 0 Å². The van der Waals surface area contributed by atoms with Gasteiger partial charge in [-0.15, -0.1) is 0 Å². The maximum absolute atomic E-state index is 13.4. The van der Waals surface area contributed by atoms with Crippen LogP contribution in [0.5, 0.6) is 0 Å². The highest BCUT2D eigenvalue weighted by atomic mass is 32.2. The monoisotopic (exact) mass is 453 g/mol. The fraction of sp³-hybridized carbons (Fsp3) is 0.333. The van der Waals surface area contributed by atoms with Crippen LogP contribution in [0.15, 0.2) is 65.2 Å². The van der Waals surface area contributed by atoms with Gasteiger partial charge in [0.2, 0.25) is 10.0 Å². The average molecular weight is 454 g/mol. The molecule has 0 bridgehead atoms. The van der Waals surface area contributed by atoms with Gasteiger partial charge < -0.3 is 4.90 Å². The molecule has 1 saturated heterocycles. The maximum Gasteiger partial charge on any atom is 0.277 e. The lowest BCUT2D eigenvalue weighted by atomic mass is 9.98. The first kappa shape index (κ1) is 22.2. The van der Waals surface area contributed by atoms with Gasteiger partial charge in [0, 0.05) is 19.6 Å². The number of piperidine rings is 1. The van der Waals surface area contributed by atoms with Crippen LogP contribution in [0, 0.1) is 5.92 Å². The number of hydrogen-bond donors (Lipinski definition) is 1. The predicted molar refractivity (Wildman–Crippen MR) is 122 cm³/mol. The molecule has 4 rings (SSSR count). The fourth-order valence-corrected chi connectivity index (χ4v) is 4.92. The van der Waals surface area contributed by atoms with Crippen LogP contribution in [-0.4, -0.2) is 49.7 Å². The number of nitrogens with zero attached hydrogens (tertiary/aromatic N) is 2. The molecule has 1 fully saturated rings. The zero-order valence-corrected chi connectivity index (χ0v) is 18.8. The minimum absolute atomic E-state index is 0.0316. The summed E-state index contributed by atoms with van der Waals surface area (Å²) in [6.45, 7) is 3.90. The number of likely N-dealkylation sites (tertiary alicyclic amines) is 1. The van der Waals surface area contributed by atoms with Crippen LogP contribution in [-0.2, 0) is 26.0 Å². The molecule has 168 valence electrons. The summed E-state index contributed by atoms with van der Waals surface area (Å²) >= 11 is 0. The molecule has 1 unspecified atom stereocenters. The summed E-state index contributed by atoms with van der Waals surface area (Å²) < 4.78 is 22.9. The topological polar surface area (TPSA) is 101 Å². The van der Waals surface area contributed by atoms with Crippen molar-refractivity contribution in [2.75, 3.05) is 19.6 Å². The Morgan fingerprint density at radius 2 is 1.69 bits per heavy atom. The van der Waals surface area contributed by atoms with Crippen molar-refractivity contribution in [3.05, 3.63) is 71.4 Å². The Morgan fingerprint density at radius 3 is 2.31 bits per heavy atom. The second-order valence-corrected chi connectivity index (χ2v) is 10.0. The zero-order chi connectivity index (χ0) is 22.9. The largest absolute Gasteiger partial charge is 0.366 e. The van der Waals surface area contributed by atoms with E-state index in [1.807, 2.05) is 30.3 Å².